The zero-order valence-electron chi connectivity index (χ0n) is 12.6. The highest BCUT2D eigenvalue weighted by Crippen LogP contribution is 2.39. The van der Waals surface area contributed by atoms with Crippen molar-refractivity contribution in [3.8, 4) is 23.0 Å². The predicted molar refractivity (Wildman–Crippen MR) is 88.0 cm³/mol. The fraction of sp³-hybridized carbons (Fsp3) is 0.235. The summed E-state index contributed by atoms with van der Waals surface area (Å²) in [5.41, 5.74) is 1.82. The molecule has 0 spiro atoms. The number of aryl methyl sites for hydroxylation is 1. The molecule has 0 saturated heterocycles. The van der Waals surface area contributed by atoms with E-state index >= 15 is 0 Å². The molecule has 1 aliphatic carbocycles. The number of phenolic OH excluding ortho intramolecular Hbond substituents is 1. The van der Waals surface area contributed by atoms with Crippen molar-refractivity contribution < 1.29 is 5.11 Å². The minimum absolute atomic E-state index is 0.0536. The molecule has 2 heterocycles. The van der Waals surface area contributed by atoms with E-state index in [1.54, 1.807) is 29.1 Å². The van der Waals surface area contributed by atoms with E-state index in [-0.39, 0.29) is 5.75 Å². The summed E-state index contributed by atoms with van der Waals surface area (Å²) in [6.07, 6.45) is 4.00. The van der Waals surface area contributed by atoms with Crippen molar-refractivity contribution in [2.45, 2.75) is 25.7 Å². The quantitative estimate of drug-likeness (QED) is 0.793. The van der Waals surface area contributed by atoms with Gasteiger partial charge < -0.3 is 5.11 Å². The van der Waals surface area contributed by atoms with Gasteiger partial charge in [-0.1, -0.05) is 17.7 Å². The molecule has 1 aliphatic rings. The minimum Gasteiger partial charge on any atom is -0.506 e. The maximum absolute atomic E-state index is 9.64. The zero-order chi connectivity index (χ0) is 16.0. The first-order chi connectivity index (χ1) is 11.1. The fourth-order valence-corrected chi connectivity index (χ4v) is 2.70. The second-order valence-corrected chi connectivity index (χ2v) is 6.20. The van der Waals surface area contributed by atoms with E-state index in [9.17, 15) is 5.11 Å². The third-order valence-electron chi connectivity index (χ3n) is 3.95. The number of halogens is 1. The summed E-state index contributed by atoms with van der Waals surface area (Å²) in [6, 6.07) is 8.95. The van der Waals surface area contributed by atoms with Gasteiger partial charge in [0, 0.05) is 17.7 Å². The lowest BCUT2D eigenvalue weighted by molar-refractivity contribution is 0.475. The monoisotopic (exact) mass is 326 g/mol. The van der Waals surface area contributed by atoms with Crippen molar-refractivity contribution in [2.24, 2.45) is 0 Å². The van der Waals surface area contributed by atoms with E-state index in [2.05, 4.69) is 10.1 Å². The Morgan fingerprint density at radius 1 is 1.26 bits per heavy atom. The van der Waals surface area contributed by atoms with Crippen molar-refractivity contribution in [1.82, 2.24) is 19.7 Å². The van der Waals surface area contributed by atoms with Gasteiger partial charge in [0.25, 0.3) is 0 Å². The van der Waals surface area contributed by atoms with Crippen molar-refractivity contribution in [3.63, 3.8) is 0 Å². The van der Waals surface area contributed by atoms with Crippen LogP contribution in [0.2, 0.25) is 5.02 Å². The van der Waals surface area contributed by atoms with Crippen LogP contribution in [0.25, 0.3) is 17.2 Å². The molecule has 0 aliphatic heterocycles. The molecular formula is C17H15ClN4O. The van der Waals surface area contributed by atoms with Crippen LogP contribution >= 0.6 is 11.6 Å². The lowest BCUT2D eigenvalue weighted by atomic mass is 10.2. The summed E-state index contributed by atoms with van der Waals surface area (Å²) >= 11 is 6.05. The van der Waals surface area contributed by atoms with E-state index in [1.165, 1.54) is 0 Å². The molecule has 5 nitrogen and oxygen atoms in total. The second-order valence-electron chi connectivity index (χ2n) is 5.79. The van der Waals surface area contributed by atoms with Crippen molar-refractivity contribution >= 4 is 11.6 Å². The number of rotatable bonds is 3. The highest BCUT2D eigenvalue weighted by atomic mass is 35.5. The average molecular weight is 327 g/mol. The summed E-state index contributed by atoms with van der Waals surface area (Å²) in [4.78, 5) is 9.15. The molecule has 0 unspecified atom stereocenters. The summed E-state index contributed by atoms with van der Waals surface area (Å²) in [5.74, 6) is 2.78. The molecule has 1 saturated carbocycles. The Kier molecular flexibility index (Phi) is 3.31. The van der Waals surface area contributed by atoms with Crippen LogP contribution in [0.5, 0.6) is 5.75 Å². The van der Waals surface area contributed by atoms with Gasteiger partial charge in [-0.25, -0.2) is 9.97 Å². The molecule has 2 aromatic heterocycles. The molecule has 0 radical (unpaired) electrons. The molecule has 0 atom stereocenters. The van der Waals surface area contributed by atoms with Crippen molar-refractivity contribution in [1.29, 1.82) is 0 Å². The third kappa shape index (κ3) is 2.57. The first-order valence-electron chi connectivity index (χ1n) is 7.51. The number of phenols is 1. The van der Waals surface area contributed by atoms with Crippen LogP contribution in [-0.2, 0) is 0 Å². The Morgan fingerprint density at radius 3 is 2.78 bits per heavy atom. The fourth-order valence-electron chi connectivity index (χ4n) is 2.52. The lowest BCUT2D eigenvalue weighted by Gasteiger charge is -2.08. The van der Waals surface area contributed by atoms with E-state index in [0.717, 1.165) is 35.6 Å². The molecule has 6 heteroatoms. The lowest BCUT2D eigenvalue weighted by Crippen LogP contribution is -2.04. The Labute approximate surface area is 138 Å². The largest absolute Gasteiger partial charge is 0.506 e. The standard InChI is InChI=1S/C17H15ClN4O/c1-10-3-2-8-19-16(10)22-17(20-15(21-22)11-4-5-11)12-6-7-14(23)13(18)9-12/h2-3,6-9,11,23H,4-5H2,1H3. The molecule has 4 rings (SSSR count). The SMILES string of the molecule is Cc1cccnc1-n1nc(C2CC2)nc1-c1ccc(O)c(Cl)c1. The van der Waals surface area contributed by atoms with Gasteiger partial charge in [-0.05, 0) is 49.6 Å². The maximum atomic E-state index is 9.64. The van der Waals surface area contributed by atoms with Crippen LogP contribution in [0.15, 0.2) is 36.5 Å². The molecule has 23 heavy (non-hydrogen) atoms. The van der Waals surface area contributed by atoms with Crippen LogP contribution in [0, 0.1) is 6.92 Å². The molecule has 1 fully saturated rings. The van der Waals surface area contributed by atoms with Gasteiger partial charge in [0.2, 0.25) is 0 Å². The van der Waals surface area contributed by atoms with Gasteiger partial charge >= 0.3 is 0 Å². The number of aromatic hydroxyl groups is 1. The Balaban J connectivity index is 1.91. The van der Waals surface area contributed by atoms with Crippen molar-refractivity contribution in [2.75, 3.05) is 0 Å². The Hall–Kier alpha value is -2.40. The number of hydrogen-bond acceptors (Lipinski definition) is 4. The molecule has 0 bridgehead atoms. The van der Waals surface area contributed by atoms with E-state index < -0.39 is 0 Å². The first kappa shape index (κ1) is 14.2. The number of pyridine rings is 1. The Bertz CT molecular complexity index is 886. The van der Waals surface area contributed by atoms with Gasteiger partial charge in [-0.3, -0.25) is 0 Å². The molecule has 1 aromatic carbocycles. The van der Waals surface area contributed by atoms with E-state index in [0.29, 0.717) is 16.8 Å². The van der Waals surface area contributed by atoms with Gasteiger partial charge in [0.05, 0.1) is 5.02 Å². The predicted octanol–water partition coefficient (Wildman–Crippen LogP) is 3.87. The maximum Gasteiger partial charge on any atom is 0.165 e. The molecule has 116 valence electrons. The van der Waals surface area contributed by atoms with E-state index in [1.807, 2.05) is 19.1 Å². The van der Waals surface area contributed by atoms with Crippen LogP contribution in [-0.4, -0.2) is 24.9 Å². The molecule has 3 aromatic rings. The highest BCUT2D eigenvalue weighted by molar-refractivity contribution is 6.32. The minimum atomic E-state index is 0.0536. The third-order valence-corrected chi connectivity index (χ3v) is 4.26. The summed E-state index contributed by atoms with van der Waals surface area (Å²) in [7, 11) is 0. The number of aromatic nitrogens is 4. The van der Waals surface area contributed by atoms with Gasteiger partial charge in [0.1, 0.15) is 5.75 Å². The molecule has 1 N–H and O–H groups in total. The van der Waals surface area contributed by atoms with Gasteiger partial charge in [-0.2, -0.15) is 4.68 Å². The summed E-state index contributed by atoms with van der Waals surface area (Å²) in [5, 5.41) is 14.6. The average Bonchev–Trinajstić information content (AvgIpc) is 3.30. The topological polar surface area (TPSA) is 63.8 Å². The van der Waals surface area contributed by atoms with Gasteiger partial charge in [0.15, 0.2) is 17.5 Å². The van der Waals surface area contributed by atoms with E-state index in [4.69, 9.17) is 16.6 Å². The smallest absolute Gasteiger partial charge is 0.165 e. The summed E-state index contributed by atoms with van der Waals surface area (Å²) < 4.78 is 1.77. The number of benzene rings is 1. The molecule has 0 amide bonds. The van der Waals surface area contributed by atoms with Crippen LogP contribution in [0.4, 0.5) is 0 Å². The first-order valence-corrected chi connectivity index (χ1v) is 7.89. The number of nitrogens with zero attached hydrogens (tertiary/aromatic N) is 4. The zero-order valence-corrected chi connectivity index (χ0v) is 13.3. The highest BCUT2D eigenvalue weighted by Gasteiger charge is 2.30. The van der Waals surface area contributed by atoms with Gasteiger partial charge in [-0.15, -0.1) is 5.10 Å². The van der Waals surface area contributed by atoms with Crippen LogP contribution in [0.3, 0.4) is 0 Å². The second kappa shape index (κ2) is 5.35. The van der Waals surface area contributed by atoms with Crippen LogP contribution < -0.4 is 0 Å². The normalized spacial score (nSPS) is 14.2. The molecular weight excluding hydrogens is 312 g/mol. The van der Waals surface area contributed by atoms with Crippen molar-refractivity contribution in [3.05, 3.63) is 52.9 Å². The number of hydrogen-bond donors (Lipinski definition) is 1. The Morgan fingerprint density at radius 2 is 2.09 bits per heavy atom. The summed E-state index contributed by atoms with van der Waals surface area (Å²) in [6.45, 7) is 1.99. The van der Waals surface area contributed by atoms with Crippen LogP contribution in [0.1, 0.15) is 30.1 Å².